The summed E-state index contributed by atoms with van der Waals surface area (Å²) in [5, 5.41) is 3.06. The first-order chi connectivity index (χ1) is 10.0. The van der Waals surface area contributed by atoms with Crippen LogP contribution in [0.3, 0.4) is 0 Å². The summed E-state index contributed by atoms with van der Waals surface area (Å²) in [7, 11) is 1.87. The van der Waals surface area contributed by atoms with Crippen molar-refractivity contribution in [1.82, 2.24) is 5.32 Å². The SMILES string of the molecule is CNCc1ccc(F)c(COc2cc(C)c(Br)c(C)c2)c1. The van der Waals surface area contributed by atoms with E-state index in [1.807, 2.05) is 39.1 Å². The van der Waals surface area contributed by atoms with Crippen LogP contribution in [0.25, 0.3) is 0 Å². The Morgan fingerprint density at radius 2 is 1.81 bits per heavy atom. The van der Waals surface area contributed by atoms with E-state index in [-0.39, 0.29) is 12.4 Å². The molecular formula is C17H19BrFNO. The smallest absolute Gasteiger partial charge is 0.129 e. The molecule has 0 unspecified atom stereocenters. The average molecular weight is 352 g/mol. The van der Waals surface area contributed by atoms with Crippen molar-refractivity contribution in [2.24, 2.45) is 0 Å². The van der Waals surface area contributed by atoms with Crippen molar-refractivity contribution >= 4 is 15.9 Å². The quantitative estimate of drug-likeness (QED) is 0.855. The van der Waals surface area contributed by atoms with E-state index in [2.05, 4.69) is 21.2 Å². The van der Waals surface area contributed by atoms with Gasteiger partial charge in [-0.3, -0.25) is 0 Å². The molecule has 1 N–H and O–H groups in total. The Balaban J connectivity index is 2.14. The Morgan fingerprint density at radius 1 is 1.14 bits per heavy atom. The van der Waals surface area contributed by atoms with Crippen LogP contribution < -0.4 is 10.1 Å². The molecule has 0 saturated carbocycles. The van der Waals surface area contributed by atoms with Crippen molar-refractivity contribution in [2.45, 2.75) is 27.0 Å². The molecule has 0 atom stereocenters. The molecule has 0 fully saturated rings. The van der Waals surface area contributed by atoms with E-state index in [9.17, 15) is 4.39 Å². The van der Waals surface area contributed by atoms with E-state index in [0.29, 0.717) is 12.1 Å². The van der Waals surface area contributed by atoms with E-state index >= 15 is 0 Å². The minimum atomic E-state index is -0.236. The zero-order valence-electron chi connectivity index (χ0n) is 12.5. The normalized spacial score (nSPS) is 10.7. The molecule has 2 rings (SSSR count). The second kappa shape index (κ2) is 7.05. The van der Waals surface area contributed by atoms with Gasteiger partial charge in [-0.05, 0) is 61.9 Å². The first-order valence-electron chi connectivity index (χ1n) is 6.82. The summed E-state index contributed by atoms with van der Waals surface area (Å²) in [5.41, 5.74) is 3.82. The van der Waals surface area contributed by atoms with E-state index in [1.54, 1.807) is 6.07 Å². The fourth-order valence-electron chi connectivity index (χ4n) is 2.20. The van der Waals surface area contributed by atoms with Gasteiger partial charge in [0.15, 0.2) is 0 Å². The lowest BCUT2D eigenvalue weighted by Gasteiger charge is -2.11. The Labute approximate surface area is 133 Å². The summed E-state index contributed by atoms with van der Waals surface area (Å²) < 4.78 is 20.6. The van der Waals surface area contributed by atoms with E-state index in [1.165, 1.54) is 6.07 Å². The molecular weight excluding hydrogens is 333 g/mol. The minimum absolute atomic E-state index is 0.226. The molecule has 0 bridgehead atoms. The van der Waals surface area contributed by atoms with E-state index < -0.39 is 0 Å². The third kappa shape index (κ3) is 4.05. The molecule has 112 valence electrons. The summed E-state index contributed by atoms with van der Waals surface area (Å²) in [6.07, 6.45) is 0. The van der Waals surface area contributed by atoms with Gasteiger partial charge >= 0.3 is 0 Å². The maximum Gasteiger partial charge on any atom is 0.129 e. The highest BCUT2D eigenvalue weighted by molar-refractivity contribution is 9.10. The molecule has 0 aromatic heterocycles. The van der Waals surface area contributed by atoms with Gasteiger partial charge in [0.1, 0.15) is 18.2 Å². The fraction of sp³-hybridized carbons (Fsp3) is 0.294. The average Bonchev–Trinajstić information content (AvgIpc) is 2.45. The molecule has 0 heterocycles. The maximum absolute atomic E-state index is 13.8. The maximum atomic E-state index is 13.8. The summed E-state index contributed by atoms with van der Waals surface area (Å²) in [5.74, 6) is 0.520. The van der Waals surface area contributed by atoms with Crippen LogP contribution in [0.15, 0.2) is 34.8 Å². The predicted molar refractivity (Wildman–Crippen MR) is 87.1 cm³/mol. The molecule has 0 aliphatic heterocycles. The van der Waals surface area contributed by atoms with Gasteiger partial charge in [-0.15, -0.1) is 0 Å². The monoisotopic (exact) mass is 351 g/mol. The topological polar surface area (TPSA) is 21.3 Å². The number of aryl methyl sites for hydroxylation is 2. The molecule has 2 aromatic carbocycles. The molecule has 0 amide bonds. The number of nitrogens with one attached hydrogen (secondary N) is 1. The Kier molecular flexibility index (Phi) is 5.37. The number of halogens is 2. The van der Waals surface area contributed by atoms with Crippen LogP contribution in [0.4, 0.5) is 4.39 Å². The molecule has 21 heavy (non-hydrogen) atoms. The van der Waals surface area contributed by atoms with Crippen molar-refractivity contribution in [3.05, 3.63) is 62.9 Å². The van der Waals surface area contributed by atoms with Gasteiger partial charge < -0.3 is 10.1 Å². The van der Waals surface area contributed by atoms with Crippen LogP contribution in [0.5, 0.6) is 5.75 Å². The molecule has 0 aliphatic rings. The van der Waals surface area contributed by atoms with Gasteiger partial charge in [0.2, 0.25) is 0 Å². The van der Waals surface area contributed by atoms with Gasteiger partial charge in [-0.2, -0.15) is 0 Å². The van der Waals surface area contributed by atoms with Crippen molar-refractivity contribution in [1.29, 1.82) is 0 Å². The Hall–Kier alpha value is -1.39. The second-order valence-electron chi connectivity index (χ2n) is 5.12. The molecule has 0 saturated heterocycles. The standard InChI is InChI=1S/C17H19BrFNO/c1-11-6-15(7-12(2)17(11)18)21-10-14-8-13(9-20-3)4-5-16(14)19/h4-8,20H,9-10H2,1-3H3. The van der Waals surface area contributed by atoms with Crippen LogP contribution in [0.2, 0.25) is 0 Å². The van der Waals surface area contributed by atoms with Crippen molar-refractivity contribution in [2.75, 3.05) is 7.05 Å². The third-order valence-corrected chi connectivity index (χ3v) is 4.55. The molecule has 4 heteroatoms. The highest BCUT2D eigenvalue weighted by atomic mass is 79.9. The van der Waals surface area contributed by atoms with Gasteiger partial charge in [-0.1, -0.05) is 22.0 Å². The fourth-order valence-corrected chi connectivity index (χ4v) is 2.43. The van der Waals surface area contributed by atoms with Crippen LogP contribution in [0, 0.1) is 19.7 Å². The molecule has 2 nitrogen and oxygen atoms in total. The van der Waals surface area contributed by atoms with Crippen LogP contribution in [0.1, 0.15) is 22.3 Å². The van der Waals surface area contributed by atoms with Gasteiger partial charge in [0.05, 0.1) is 0 Å². The summed E-state index contributed by atoms with van der Waals surface area (Å²) >= 11 is 3.53. The van der Waals surface area contributed by atoms with E-state index in [0.717, 1.165) is 26.9 Å². The number of rotatable bonds is 5. The summed E-state index contributed by atoms with van der Waals surface area (Å²) in [6, 6.07) is 9.01. The van der Waals surface area contributed by atoms with Gasteiger partial charge in [0.25, 0.3) is 0 Å². The Morgan fingerprint density at radius 3 is 2.43 bits per heavy atom. The number of hydrogen-bond donors (Lipinski definition) is 1. The lowest BCUT2D eigenvalue weighted by molar-refractivity contribution is 0.299. The van der Waals surface area contributed by atoms with E-state index in [4.69, 9.17) is 4.74 Å². The van der Waals surface area contributed by atoms with Gasteiger partial charge in [0, 0.05) is 16.6 Å². The van der Waals surface area contributed by atoms with Crippen molar-refractivity contribution < 1.29 is 9.13 Å². The van der Waals surface area contributed by atoms with Crippen LogP contribution in [-0.4, -0.2) is 7.05 Å². The van der Waals surface area contributed by atoms with Crippen molar-refractivity contribution in [3.63, 3.8) is 0 Å². The predicted octanol–water partition coefficient (Wildman–Crippen LogP) is 4.50. The Bertz CT molecular complexity index is 620. The van der Waals surface area contributed by atoms with Gasteiger partial charge in [-0.25, -0.2) is 4.39 Å². The first-order valence-corrected chi connectivity index (χ1v) is 7.62. The third-order valence-electron chi connectivity index (χ3n) is 3.30. The molecule has 0 spiro atoms. The number of benzene rings is 2. The summed E-state index contributed by atoms with van der Waals surface area (Å²) in [6.45, 7) is 4.96. The largest absolute Gasteiger partial charge is 0.489 e. The molecule has 2 aromatic rings. The lowest BCUT2D eigenvalue weighted by atomic mass is 10.1. The highest BCUT2D eigenvalue weighted by Crippen LogP contribution is 2.27. The number of hydrogen-bond acceptors (Lipinski definition) is 2. The lowest BCUT2D eigenvalue weighted by Crippen LogP contribution is -2.07. The second-order valence-corrected chi connectivity index (χ2v) is 5.91. The van der Waals surface area contributed by atoms with Crippen molar-refractivity contribution in [3.8, 4) is 5.75 Å². The van der Waals surface area contributed by atoms with Crippen LogP contribution >= 0.6 is 15.9 Å². The van der Waals surface area contributed by atoms with Crippen LogP contribution in [-0.2, 0) is 13.2 Å². The minimum Gasteiger partial charge on any atom is -0.489 e. The first kappa shape index (κ1) is 16.0. The zero-order chi connectivity index (χ0) is 15.4. The number of ether oxygens (including phenoxy) is 1. The highest BCUT2D eigenvalue weighted by Gasteiger charge is 2.07. The molecule has 0 radical (unpaired) electrons. The molecule has 0 aliphatic carbocycles. The summed E-state index contributed by atoms with van der Waals surface area (Å²) in [4.78, 5) is 0. The zero-order valence-corrected chi connectivity index (χ0v) is 14.1.